The van der Waals surface area contributed by atoms with Crippen molar-refractivity contribution in [3.8, 4) is 0 Å². The van der Waals surface area contributed by atoms with Crippen molar-refractivity contribution >= 4 is 44.2 Å². The molecule has 2 heterocycles. The standard InChI is InChI=1S/C26H32ClN3O2S/c1-18-6-11-21(27)23-22(18)28-25(33-23)30(13-5-12-29-14-16-32-17-15-29)24(31)19-7-9-20(10-8-19)26(2,3)4/h6-11H,5,12-17H2,1-4H3. The first kappa shape index (κ1) is 24.1. The number of fused-ring (bicyclic) bond motifs is 1. The van der Waals surface area contributed by atoms with Gasteiger partial charge >= 0.3 is 0 Å². The molecule has 5 nitrogen and oxygen atoms in total. The number of aromatic nitrogens is 1. The van der Waals surface area contributed by atoms with Gasteiger partial charge in [-0.15, -0.1) is 0 Å². The van der Waals surface area contributed by atoms with E-state index in [1.54, 1.807) is 0 Å². The summed E-state index contributed by atoms with van der Waals surface area (Å²) in [6.45, 7) is 13.5. The number of nitrogens with zero attached hydrogens (tertiary/aromatic N) is 3. The molecule has 0 bridgehead atoms. The maximum atomic E-state index is 13.7. The summed E-state index contributed by atoms with van der Waals surface area (Å²) in [5, 5.41) is 1.38. The van der Waals surface area contributed by atoms with E-state index in [0.717, 1.165) is 55.0 Å². The minimum Gasteiger partial charge on any atom is -0.379 e. The summed E-state index contributed by atoms with van der Waals surface area (Å²) < 4.78 is 6.39. The Hall–Kier alpha value is -1.99. The predicted octanol–water partition coefficient (Wildman–Crippen LogP) is 5.92. The molecular formula is C26H32ClN3O2S. The Morgan fingerprint density at radius 1 is 1.15 bits per heavy atom. The molecule has 176 valence electrons. The smallest absolute Gasteiger partial charge is 0.260 e. The maximum Gasteiger partial charge on any atom is 0.260 e. The maximum absolute atomic E-state index is 13.7. The molecule has 0 aliphatic carbocycles. The Labute approximate surface area is 205 Å². The first-order chi connectivity index (χ1) is 15.7. The van der Waals surface area contributed by atoms with E-state index in [2.05, 4.69) is 37.8 Å². The van der Waals surface area contributed by atoms with Crippen LogP contribution >= 0.6 is 22.9 Å². The van der Waals surface area contributed by atoms with Gasteiger partial charge in [-0.3, -0.25) is 14.6 Å². The van der Waals surface area contributed by atoms with Crippen LogP contribution in [0.15, 0.2) is 36.4 Å². The number of amides is 1. The van der Waals surface area contributed by atoms with Gasteiger partial charge in [0.05, 0.1) is 28.5 Å². The van der Waals surface area contributed by atoms with Gasteiger partial charge in [0.1, 0.15) is 0 Å². The molecule has 7 heteroatoms. The van der Waals surface area contributed by atoms with E-state index >= 15 is 0 Å². The van der Waals surface area contributed by atoms with Crippen molar-refractivity contribution in [2.24, 2.45) is 0 Å². The highest BCUT2D eigenvalue weighted by Crippen LogP contribution is 2.36. The average molecular weight is 486 g/mol. The molecule has 33 heavy (non-hydrogen) atoms. The quantitative estimate of drug-likeness (QED) is 0.434. The van der Waals surface area contributed by atoms with Crippen LogP contribution in [0.3, 0.4) is 0 Å². The minimum atomic E-state index is -0.0229. The van der Waals surface area contributed by atoms with Gasteiger partial charge in [-0.05, 0) is 48.1 Å². The van der Waals surface area contributed by atoms with Crippen LogP contribution < -0.4 is 4.90 Å². The van der Waals surface area contributed by atoms with Crippen molar-refractivity contribution < 1.29 is 9.53 Å². The van der Waals surface area contributed by atoms with E-state index in [1.165, 1.54) is 16.9 Å². The Kier molecular flexibility index (Phi) is 7.39. The lowest BCUT2D eigenvalue weighted by atomic mass is 9.86. The van der Waals surface area contributed by atoms with Crippen molar-refractivity contribution in [3.05, 3.63) is 58.1 Å². The van der Waals surface area contributed by atoms with Crippen molar-refractivity contribution in [2.75, 3.05) is 44.3 Å². The third kappa shape index (κ3) is 5.57. The second-order valence-electron chi connectivity index (χ2n) is 9.63. The lowest BCUT2D eigenvalue weighted by Crippen LogP contribution is -2.39. The molecule has 0 atom stereocenters. The molecule has 0 radical (unpaired) electrons. The summed E-state index contributed by atoms with van der Waals surface area (Å²) >= 11 is 7.95. The van der Waals surface area contributed by atoms with Crippen LogP contribution in [-0.2, 0) is 10.2 Å². The van der Waals surface area contributed by atoms with Gasteiger partial charge < -0.3 is 4.74 Å². The number of benzene rings is 2. The van der Waals surface area contributed by atoms with Gasteiger partial charge in [-0.2, -0.15) is 0 Å². The Balaban J connectivity index is 1.61. The zero-order valence-corrected chi connectivity index (χ0v) is 21.4. The SMILES string of the molecule is Cc1ccc(Cl)c2sc(N(CCCN3CCOCC3)C(=O)c3ccc(C(C)(C)C)cc3)nc12. The summed E-state index contributed by atoms with van der Waals surface area (Å²) in [5.74, 6) is -0.0229. The van der Waals surface area contributed by atoms with Crippen molar-refractivity contribution in [3.63, 3.8) is 0 Å². The lowest BCUT2D eigenvalue weighted by Gasteiger charge is -2.28. The van der Waals surface area contributed by atoms with E-state index < -0.39 is 0 Å². The van der Waals surface area contributed by atoms with E-state index in [0.29, 0.717) is 22.3 Å². The fraction of sp³-hybridized carbons (Fsp3) is 0.462. The molecule has 1 aliphatic heterocycles. The van der Waals surface area contributed by atoms with Crippen LogP contribution in [0.5, 0.6) is 0 Å². The summed E-state index contributed by atoms with van der Waals surface area (Å²) in [5.41, 5.74) is 3.86. The van der Waals surface area contributed by atoms with Crippen LogP contribution in [0.2, 0.25) is 5.02 Å². The number of aryl methyl sites for hydroxylation is 1. The van der Waals surface area contributed by atoms with Gasteiger partial charge in [-0.25, -0.2) is 4.98 Å². The zero-order valence-electron chi connectivity index (χ0n) is 19.9. The van der Waals surface area contributed by atoms with Crippen molar-refractivity contribution in [2.45, 2.75) is 39.5 Å². The van der Waals surface area contributed by atoms with E-state index in [1.807, 2.05) is 36.1 Å². The summed E-state index contributed by atoms with van der Waals surface area (Å²) in [7, 11) is 0. The molecule has 4 rings (SSSR count). The fourth-order valence-electron chi connectivity index (χ4n) is 4.04. The molecular weight excluding hydrogens is 454 g/mol. The van der Waals surface area contributed by atoms with E-state index in [-0.39, 0.29) is 11.3 Å². The molecule has 0 saturated carbocycles. The second kappa shape index (κ2) is 10.1. The monoisotopic (exact) mass is 485 g/mol. The number of ether oxygens (including phenoxy) is 1. The third-order valence-corrected chi connectivity index (χ3v) is 7.66. The van der Waals surface area contributed by atoms with Crippen LogP contribution in [0.1, 0.15) is 48.7 Å². The molecule has 1 amide bonds. The summed E-state index contributed by atoms with van der Waals surface area (Å²) in [4.78, 5) is 22.7. The van der Waals surface area contributed by atoms with Gasteiger partial charge in [0.15, 0.2) is 5.13 Å². The Morgan fingerprint density at radius 2 is 1.85 bits per heavy atom. The molecule has 0 spiro atoms. The molecule has 0 N–H and O–H groups in total. The molecule has 3 aromatic rings. The van der Waals surface area contributed by atoms with E-state index in [4.69, 9.17) is 21.3 Å². The molecule has 2 aromatic carbocycles. The number of carbonyl (C=O) groups excluding carboxylic acids is 1. The lowest BCUT2D eigenvalue weighted by molar-refractivity contribution is 0.0376. The molecule has 1 fully saturated rings. The average Bonchev–Trinajstić information content (AvgIpc) is 3.26. The highest BCUT2D eigenvalue weighted by atomic mass is 35.5. The number of rotatable bonds is 6. The number of carbonyl (C=O) groups is 1. The fourth-order valence-corrected chi connectivity index (χ4v) is 5.38. The topological polar surface area (TPSA) is 45.7 Å². The van der Waals surface area contributed by atoms with Crippen LogP contribution in [0, 0.1) is 6.92 Å². The van der Waals surface area contributed by atoms with Gasteiger partial charge in [0, 0.05) is 31.7 Å². The number of anilines is 1. The molecule has 0 unspecified atom stereocenters. The van der Waals surface area contributed by atoms with Crippen LogP contribution in [0.25, 0.3) is 10.2 Å². The zero-order chi connectivity index (χ0) is 23.6. The number of halogens is 1. The normalized spacial score (nSPS) is 15.2. The largest absolute Gasteiger partial charge is 0.379 e. The summed E-state index contributed by atoms with van der Waals surface area (Å²) in [6.07, 6.45) is 0.869. The third-order valence-electron chi connectivity index (χ3n) is 6.12. The number of morpholine rings is 1. The van der Waals surface area contributed by atoms with Crippen LogP contribution in [-0.4, -0.2) is 55.2 Å². The van der Waals surface area contributed by atoms with Gasteiger partial charge in [0.2, 0.25) is 0 Å². The molecule has 1 aromatic heterocycles. The number of hydrogen-bond donors (Lipinski definition) is 0. The van der Waals surface area contributed by atoms with E-state index in [9.17, 15) is 4.79 Å². The Bertz CT molecular complexity index is 1080. The Morgan fingerprint density at radius 3 is 2.48 bits per heavy atom. The first-order valence-corrected chi connectivity index (χ1v) is 12.7. The number of thiazole rings is 1. The highest BCUT2D eigenvalue weighted by molar-refractivity contribution is 7.23. The van der Waals surface area contributed by atoms with Crippen molar-refractivity contribution in [1.29, 1.82) is 0 Å². The molecule has 1 aliphatic rings. The minimum absolute atomic E-state index is 0.0229. The summed E-state index contributed by atoms with van der Waals surface area (Å²) in [6, 6.07) is 11.9. The van der Waals surface area contributed by atoms with Gasteiger partial charge in [-0.1, -0.05) is 61.9 Å². The molecule has 1 saturated heterocycles. The number of hydrogen-bond acceptors (Lipinski definition) is 5. The second-order valence-corrected chi connectivity index (χ2v) is 11.0. The van der Waals surface area contributed by atoms with Crippen LogP contribution in [0.4, 0.5) is 5.13 Å². The highest BCUT2D eigenvalue weighted by Gasteiger charge is 2.24. The van der Waals surface area contributed by atoms with Gasteiger partial charge in [0.25, 0.3) is 5.91 Å². The van der Waals surface area contributed by atoms with Crippen molar-refractivity contribution in [1.82, 2.24) is 9.88 Å². The first-order valence-electron chi connectivity index (χ1n) is 11.5. The predicted molar refractivity (Wildman–Crippen MR) is 138 cm³/mol.